The van der Waals surface area contributed by atoms with Crippen LogP contribution in [0.2, 0.25) is 0 Å². The molecule has 0 N–H and O–H groups in total. The van der Waals surface area contributed by atoms with E-state index >= 15 is 0 Å². The predicted octanol–water partition coefficient (Wildman–Crippen LogP) is 1.21. The third-order valence-corrected chi connectivity index (χ3v) is 5.01. The van der Waals surface area contributed by atoms with E-state index in [4.69, 9.17) is 4.74 Å². The van der Waals surface area contributed by atoms with Crippen LogP contribution in [0.15, 0.2) is 12.4 Å². The smallest absolute Gasteiger partial charge is 0.274 e. The largest absolute Gasteiger partial charge is 0.379 e. The molecule has 2 amide bonds. The maximum absolute atomic E-state index is 12.9. The van der Waals surface area contributed by atoms with E-state index in [1.807, 2.05) is 20.8 Å². The number of morpholine rings is 1. The van der Waals surface area contributed by atoms with Crippen molar-refractivity contribution in [2.24, 2.45) is 0 Å². The second-order valence-electron chi connectivity index (χ2n) is 6.96. The predicted molar refractivity (Wildman–Crippen MR) is 107 cm³/mol. The minimum atomic E-state index is -0.165. The minimum Gasteiger partial charge on any atom is -0.379 e. The van der Waals surface area contributed by atoms with E-state index in [2.05, 4.69) is 14.9 Å². The van der Waals surface area contributed by atoms with E-state index in [0.717, 1.165) is 45.0 Å². The van der Waals surface area contributed by atoms with Crippen LogP contribution < -0.4 is 0 Å². The summed E-state index contributed by atoms with van der Waals surface area (Å²) >= 11 is 0. The summed E-state index contributed by atoms with van der Waals surface area (Å²) < 4.78 is 5.38. The van der Waals surface area contributed by atoms with E-state index in [0.29, 0.717) is 38.3 Å². The van der Waals surface area contributed by atoms with Gasteiger partial charge in [0.1, 0.15) is 5.69 Å². The molecular weight excluding hydrogens is 358 g/mol. The van der Waals surface area contributed by atoms with Gasteiger partial charge in [-0.2, -0.15) is 0 Å². The molecule has 156 valence electrons. The maximum atomic E-state index is 12.9. The molecule has 8 heteroatoms. The van der Waals surface area contributed by atoms with Gasteiger partial charge in [-0.15, -0.1) is 0 Å². The number of aromatic nitrogens is 2. The average Bonchev–Trinajstić information content (AvgIpc) is 2.72. The van der Waals surface area contributed by atoms with Crippen LogP contribution >= 0.6 is 0 Å². The number of rotatable bonds is 10. The van der Waals surface area contributed by atoms with Gasteiger partial charge in [0, 0.05) is 58.4 Å². The molecule has 0 saturated carbocycles. The SMILES string of the molecule is CCN(CC)C(=O)CCN(CCCN1CCOCC1)C(=O)c1cnc(C)cn1. The molecule has 0 atom stereocenters. The molecule has 0 aromatic carbocycles. The monoisotopic (exact) mass is 391 g/mol. The highest BCUT2D eigenvalue weighted by Gasteiger charge is 2.20. The molecule has 1 aliphatic rings. The zero-order chi connectivity index (χ0) is 20.4. The van der Waals surface area contributed by atoms with Crippen molar-refractivity contribution < 1.29 is 14.3 Å². The Kier molecular flexibility index (Phi) is 9.30. The van der Waals surface area contributed by atoms with Crippen molar-refractivity contribution in [1.29, 1.82) is 0 Å². The van der Waals surface area contributed by atoms with Crippen molar-refractivity contribution in [3.8, 4) is 0 Å². The van der Waals surface area contributed by atoms with E-state index in [1.165, 1.54) is 6.20 Å². The van der Waals surface area contributed by atoms with Crippen LogP contribution in [0.4, 0.5) is 0 Å². The Bertz CT molecular complexity index is 613. The lowest BCUT2D eigenvalue weighted by atomic mass is 10.2. The first kappa shape index (κ1) is 22.2. The van der Waals surface area contributed by atoms with Crippen LogP contribution in [-0.2, 0) is 9.53 Å². The topological polar surface area (TPSA) is 78.9 Å². The third kappa shape index (κ3) is 6.83. The fourth-order valence-electron chi connectivity index (χ4n) is 3.25. The minimum absolute atomic E-state index is 0.0750. The second kappa shape index (κ2) is 11.7. The van der Waals surface area contributed by atoms with Crippen molar-refractivity contribution in [3.63, 3.8) is 0 Å². The van der Waals surface area contributed by atoms with Gasteiger partial charge in [-0.25, -0.2) is 4.98 Å². The van der Waals surface area contributed by atoms with Gasteiger partial charge in [0.25, 0.3) is 5.91 Å². The first-order valence-corrected chi connectivity index (χ1v) is 10.2. The summed E-state index contributed by atoms with van der Waals surface area (Å²) in [7, 11) is 0. The molecule has 1 aliphatic heterocycles. The number of hydrogen-bond acceptors (Lipinski definition) is 6. The highest BCUT2D eigenvalue weighted by molar-refractivity contribution is 5.92. The molecule has 0 spiro atoms. The summed E-state index contributed by atoms with van der Waals surface area (Å²) in [5.74, 6) is -0.0900. The Balaban J connectivity index is 1.96. The molecule has 0 unspecified atom stereocenters. The van der Waals surface area contributed by atoms with Gasteiger partial charge in [0.15, 0.2) is 0 Å². The fraction of sp³-hybridized carbons (Fsp3) is 0.700. The lowest BCUT2D eigenvalue weighted by molar-refractivity contribution is -0.131. The van der Waals surface area contributed by atoms with Crippen LogP contribution in [0, 0.1) is 6.92 Å². The van der Waals surface area contributed by atoms with E-state index in [1.54, 1.807) is 16.0 Å². The van der Waals surface area contributed by atoms with Crippen LogP contribution in [0.3, 0.4) is 0 Å². The van der Waals surface area contributed by atoms with Gasteiger partial charge >= 0.3 is 0 Å². The van der Waals surface area contributed by atoms with Crippen LogP contribution in [0.5, 0.6) is 0 Å². The highest BCUT2D eigenvalue weighted by atomic mass is 16.5. The molecule has 0 radical (unpaired) electrons. The summed E-state index contributed by atoms with van der Waals surface area (Å²) in [4.78, 5) is 39.6. The molecular formula is C20H33N5O3. The van der Waals surface area contributed by atoms with Crippen LogP contribution in [-0.4, -0.2) is 95.5 Å². The molecule has 0 aliphatic carbocycles. The molecule has 1 aromatic heterocycles. The van der Waals surface area contributed by atoms with Crippen LogP contribution in [0.25, 0.3) is 0 Å². The normalized spacial score (nSPS) is 14.7. The quantitative estimate of drug-likeness (QED) is 0.597. The first-order chi connectivity index (χ1) is 13.5. The van der Waals surface area contributed by atoms with Crippen molar-refractivity contribution in [3.05, 3.63) is 23.8 Å². The average molecular weight is 392 g/mol. The van der Waals surface area contributed by atoms with E-state index in [9.17, 15) is 9.59 Å². The number of ether oxygens (including phenoxy) is 1. The number of aryl methyl sites for hydroxylation is 1. The second-order valence-corrected chi connectivity index (χ2v) is 6.96. The van der Waals surface area contributed by atoms with Gasteiger partial charge in [0.2, 0.25) is 5.91 Å². The summed E-state index contributed by atoms with van der Waals surface area (Å²) in [6, 6.07) is 0. The molecule has 1 saturated heterocycles. The van der Waals surface area contributed by atoms with Gasteiger partial charge in [-0.3, -0.25) is 19.5 Å². The first-order valence-electron chi connectivity index (χ1n) is 10.2. The zero-order valence-electron chi connectivity index (χ0n) is 17.4. The molecule has 0 bridgehead atoms. The zero-order valence-corrected chi connectivity index (χ0v) is 17.4. The summed E-state index contributed by atoms with van der Waals surface area (Å²) in [5, 5.41) is 0. The number of carbonyl (C=O) groups excluding carboxylic acids is 2. The van der Waals surface area contributed by atoms with E-state index in [-0.39, 0.29) is 11.8 Å². The van der Waals surface area contributed by atoms with Gasteiger partial charge < -0.3 is 14.5 Å². The molecule has 8 nitrogen and oxygen atoms in total. The van der Waals surface area contributed by atoms with Gasteiger partial charge in [-0.05, 0) is 27.2 Å². The molecule has 2 rings (SSSR count). The number of hydrogen-bond donors (Lipinski definition) is 0. The summed E-state index contributed by atoms with van der Waals surface area (Å²) in [5.41, 5.74) is 1.10. The Hall–Kier alpha value is -2.06. The highest BCUT2D eigenvalue weighted by Crippen LogP contribution is 2.07. The Morgan fingerprint density at radius 3 is 2.39 bits per heavy atom. The number of amides is 2. The maximum Gasteiger partial charge on any atom is 0.274 e. The Labute approximate surface area is 167 Å². The lowest BCUT2D eigenvalue weighted by Crippen LogP contribution is -2.40. The number of carbonyl (C=O) groups is 2. The molecule has 1 aromatic rings. The molecule has 1 fully saturated rings. The lowest BCUT2D eigenvalue weighted by Gasteiger charge is -2.28. The molecule has 28 heavy (non-hydrogen) atoms. The van der Waals surface area contributed by atoms with E-state index < -0.39 is 0 Å². The Morgan fingerprint density at radius 2 is 1.79 bits per heavy atom. The van der Waals surface area contributed by atoms with Crippen molar-refractivity contribution in [2.75, 3.05) is 59.0 Å². The van der Waals surface area contributed by atoms with Gasteiger partial charge in [0.05, 0.1) is 25.1 Å². The summed E-state index contributed by atoms with van der Waals surface area (Å²) in [6.45, 7) is 12.4. The fourth-order valence-corrected chi connectivity index (χ4v) is 3.25. The standard InChI is InChI=1S/C20H33N5O3/c1-4-24(5-2)19(26)7-10-25(9-6-8-23-11-13-28-14-12-23)20(27)18-16-21-17(3)15-22-18/h15-16H,4-14H2,1-3H3. The number of nitrogens with zero attached hydrogens (tertiary/aromatic N) is 5. The third-order valence-electron chi connectivity index (χ3n) is 5.01. The van der Waals surface area contributed by atoms with Gasteiger partial charge in [-0.1, -0.05) is 0 Å². The van der Waals surface area contributed by atoms with Crippen LogP contribution in [0.1, 0.15) is 42.9 Å². The van der Waals surface area contributed by atoms with Crippen molar-refractivity contribution in [2.45, 2.75) is 33.6 Å². The van der Waals surface area contributed by atoms with Crippen molar-refractivity contribution >= 4 is 11.8 Å². The van der Waals surface area contributed by atoms with Crippen molar-refractivity contribution in [1.82, 2.24) is 24.7 Å². The Morgan fingerprint density at radius 1 is 1.07 bits per heavy atom. The molecule has 2 heterocycles. The summed E-state index contributed by atoms with van der Waals surface area (Å²) in [6.07, 6.45) is 4.29.